The normalized spacial score (nSPS) is 20.0. The number of hydrogen-bond acceptors (Lipinski definition) is 2. The molecule has 1 atom stereocenters. The molecule has 0 aliphatic carbocycles. The summed E-state index contributed by atoms with van der Waals surface area (Å²) in [5.74, 6) is 0.524. The minimum Gasteiger partial charge on any atom is -0.201 e. The van der Waals surface area contributed by atoms with Gasteiger partial charge in [0.2, 0.25) is 0 Å². The number of rotatable bonds is 7. The highest BCUT2D eigenvalue weighted by Gasteiger charge is 2.26. The van der Waals surface area contributed by atoms with Gasteiger partial charge in [0, 0.05) is 24.5 Å². The van der Waals surface area contributed by atoms with Crippen LogP contribution in [0.25, 0.3) is 0 Å². The van der Waals surface area contributed by atoms with Crippen LogP contribution < -0.4 is 4.72 Å². The van der Waals surface area contributed by atoms with Gasteiger partial charge in [-0.2, -0.15) is 12.7 Å². The van der Waals surface area contributed by atoms with Crippen LogP contribution in [0.15, 0.2) is 0 Å². The third kappa shape index (κ3) is 4.50. The van der Waals surface area contributed by atoms with Crippen molar-refractivity contribution in [2.24, 2.45) is 5.92 Å². The lowest BCUT2D eigenvalue weighted by molar-refractivity contribution is 0.445. The second-order valence-electron chi connectivity index (χ2n) is 4.55. The van der Waals surface area contributed by atoms with Crippen LogP contribution in [0.4, 0.5) is 0 Å². The highest BCUT2D eigenvalue weighted by Crippen LogP contribution is 2.20. The third-order valence-electron chi connectivity index (χ3n) is 3.43. The predicted molar refractivity (Wildman–Crippen MR) is 74.5 cm³/mol. The van der Waals surface area contributed by atoms with E-state index < -0.39 is 10.2 Å². The van der Waals surface area contributed by atoms with Crippen LogP contribution in [0.3, 0.4) is 0 Å². The molecule has 1 N–H and O–H groups in total. The summed E-state index contributed by atoms with van der Waals surface area (Å²) < 4.78 is 28.1. The summed E-state index contributed by atoms with van der Waals surface area (Å²) >= 11 is 3.58. The molecule has 17 heavy (non-hydrogen) atoms. The molecule has 0 saturated carbocycles. The Labute approximate surface area is 113 Å². The topological polar surface area (TPSA) is 49.4 Å². The van der Waals surface area contributed by atoms with Gasteiger partial charge in [-0.05, 0) is 18.8 Å². The van der Waals surface area contributed by atoms with Gasteiger partial charge >= 0.3 is 0 Å². The summed E-state index contributed by atoms with van der Waals surface area (Å²) in [5, 5.41) is 0. The van der Waals surface area contributed by atoms with E-state index in [0.717, 1.165) is 25.7 Å². The van der Waals surface area contributed by atoms with Crippen LogP contribution in [0.1, 0.15) is 39.5 Å². The molecule has 1 aliphatic heterocycles. The second-order valence-corrected chi connectivity index (χ2v) is 7.48. The van der Waals surface area contributed by atoms with Crippen molar-refractivity contribution in [3.05, 3.63) is 0 Å². The van der Waals surface area contributed by atoms with E-state index in [9.17, 15) is 8.42 Å². The first-order valence-corrected chi connectivity index (χ1v) is 8.75. The Morgan fingerprint density at radius 2 is 1.76 bits per heavy atom. The fourth-order valence-corrected chi connectivity index (χ4v) is 4.61. The van der Waals surface area contributed by atoms with Crippen LogP contribution in [-0.2, 0) is 10.2 Å². The minimum atomic E-state index is -3.25. The quantitative estimate of drug-likeness (QED) is 0.728. The lowest BCUT2D eigenvalue weighted by atomic mass is 10.00. The molecule has 102 valence electrons. The van der Waals surface area contributed by atoms with Gasteiger partial charge in [0.15, 0.2) is 0 Å². The highest BCUT2D eigenvalue weighted by atomic mass is 79.9. The Hall–Kier alpha value is 0.350. The summed E-state index contributed by atoms with van der Waals surface area (Å²) in [6, 6.07) is 0. The van der Waals surface area contributed by atoms with Crippen LogP contribution in [0.5, 0.6) is 0 Å². The standard InChI is InChI=1S/C11H23BrN2O2S/c1-3-10(4-2)11(12)9-13-17(15,16)14-7-5-6-8-14/h10-11,13H,3-9H2,1-2H3. The Balaban J connectivity index is 2.43. The van der Waals surface area contributed by atoms with Crippen LogP contribution >= 0.6 is 15.9 Å². The summed E-state index contributed by atoms with van der Waals surface area (Å²) in [4.78, 5) is 0.217. The first-order chi connectivity index (χ1) is 8.01. The maximum atomic E-state index is 11.9. The van der Waals surface area contributed by atoms with Gasteiger partial charge in [-0.15, -0.1) is 0 Å². The van der Waals surface area contributed by atoms with Crippen molar-refractivity contribution in [3.63, 3.8) is 0 Å². The van der Waals surface area contributed by atoms with Gasteiger partial charge in [0.05, 0.1) is 0 Å². The molecular formula is C11H23BrN2O2S. The van der Waals surface area contributed by atoms with Crippen molar-refractivity contribution >= 4 is 26.1 Å². The molecule has 0 aromatic heterocycles. The molecule has 1 heterocycles. The molecule has 0 radical (unpaired) electrons. The molecule has 4 nitrogen and oxygen atoms in total. The van der Waals surface area contributed by atoms with Crippen molar-refractivity contribution in [1.29, 1.82) is 0 Å². The lowest BCUT2D eigenvalue weighted by Crippen LogP contribution is -2.42. The van der Waals surface area contributed by atoms with Gasteiger partial charge in [-0.1, -0.05) is 42.6 Å². The van der Waals surface area contributed by atoms with E-state index in [1.165, 1.54) is 0 Å². The summed E-state index contributed by atoms with van der Waals surface area (Å²) in [6.07, 6.45) is 4.09. The molecule has 1 unspecified atom stereocenters. The number of alkyl halides is 1. The molecule has 0 aromatic carbocycles. The molecule has 0 aromatic rings. The molecule has 1 saturated heterocycles. The smallest absolute Gasteiger partial charge is 0.201 e. The SMILES string of the molecule is CCC(CC)C(Br)CNS(=O)(=O)N1CCCC1. The van der Waals surface area contributed by atoms with Gasteiger partial charge in [-0.25, -0.2) is 4.72 Å². The third-order valence-corrected chi connectivity index (χ3v) is 6.07. The van der Waals surface area contributed by atoms with E-state index in [-0.39, 0.29) is 4.83 Å². The van der Waals surface area contributed by atoms with E-state index in [1.54, 1.807) is 4.31 Å². The summed E-state index contributed by atoms with van der Waals surface area (Å²) in [6.45, 7) is 6.07. The molecule has 0 spiro atoms. The van der Waals surface area contributed by atoms with E-state index in [1.807, 2.05) is 0 Å². The first kappa shape index (κ1) is 15.4. The number of nitrogens with zero attached hydrogens (tertiary/aromatic N) is 1. The van der Waals surface area contributed by atoms with E-state index in [2.05, 4.69) is 34.5 Å². The van der Waals surface area contributed by atoms with E-state index in [0.29, 0.717) is 25.6 Å². The van der Waals surface area contributed by atoms with E-state index >= 15 is 0 Å². The van der Waals surface area contributed by atoms with Crippen molar-refractivity contribution in [3.8, 4) is 0 Å². The lowest BCUT2D eigenvalue weighted by Gasteiger charge is -2.22. The average molecular weight is 327 g/mol. The van der Waals surface area contributed by atoms with Gasteiger partial charge in [0.25, 0.3) is 10.2 Å². The molecular weight excluding hydrogens is 304 g/mol. The second kappa shape index (κ2) is 7.07. The Kier molecular flexibility index (Phi) is 6.40. The highest BCUT2D eigenvalue weighted by molar-refractivity contribution is 9.09. The zero-order valence-corrected chi connectivity index (χ0v) is 13.1. The molecule has 6 heteroatoms. The van der Waals surface area contributed by atoms with Crippen LogP contribution in [0, 0.1) is 5.92 Å². The first-order valence-electron chi connectivity index (χ1n) is 6.40. The van der Waals surface area contributed by atoms with Gasteiger partial charge < -0.3 is 0 Å². The molecule has 1 rings (SSSR count). The van der Waals surface area contributed by atoms with Crippen molar-refractivity contribution < 1.29 is 8.42 Å². The molecule has 0 amide bonds. The largest absolute Gasteiger partial charge is 0.279 e. The number of hydrogen-bond donors (Lipinski definition) is 1. The molecule has 1 aliphatic rings. The molecule has 1 fully saturated rings. The molecule has 0 bridgehead atoms. The van der Waals surface area contributed by atoms with Crippen molar-refractivity contribution in [2.75, 3.05) is 19.6 Å². The fourth-order valence-electron chi connectivity index (χ4n) is 2.17. The Morgan fingerprint density at radius 3 is 2.24 bits per heavy atom. The van der Waals surface area contributed by atoms with Gasteiger partial charge in [0.1, 0.15) is 0 Å². The maximum absolute atomic E-state index is 11.9. The number of nitrogens with one attached hydrogen (secondary N) is 1. The zero-order chi connectivity index (χ0) is 12.9. The predicted octanol–water partition coefficient (Wildman–Crippen LogP) is 2.12. The summed E-state index contributed by atoms with van der Waals surface area (Å²) in [5.41, 5.74) is 0. The van der Waals surface area contributed by atoms with Crippen molar-refractivity contribution in [2.45, 2.75) is 44.4 Å². The summed E-state index contributed by atoms with van der Waals surface area (Å²) in [7, 11) is -3.25. The van der Waals surface area contributed by atoms with Crippen molar-refractivity contribution in [1.82, 2.24) is 9.03 Å². The minimum absolute atomic E-state index is 0.217. The Morgan fingerprint density at radius 1 is 1.24 bits per heavy atom. The van der Waals surface area contributed by atoms with E-state index in [4.69, 9.17) is 0 Å². The zero-order valence-electron chi connectivity index (χ0n) is 10.7. The maximum Gasteiger partial charge on any atom is 0.279 e. The Bertz CT molecular complexity index is 311. The van der Waals surface area contributed by atoms with Crippen LogP contribution in [-0.4, -0.2) is 37.2 Å². The van der Waals surface area contributed by atoms with Crippen LogP contribution in [0.2, 0.25) is 0 Å². The number of halogens is 1. The van der Waals surface area contributed by atoms with Gasteiger partial charge in [-0.3, -0.25) is 0 Å². The average Bonchev–Trinajstić information content (AvgIpc) is 2.82. The monoisotopic (exact) mass is 326 g/mol. The fraction of sp³-hybridized carbons (Fsp3) is 1.00.